The van der Waals surface area contributed by atoms with Gasteiger partial charge in [-0.05, 0) is 29.8 Å². The Morgan fingerprint density at radius 1 is 1.07 bits per heavy atom. The van der Waals surface area contributed by atoms with Gasteiger partial charge in [-0.1, -0.05) is 35.5 Å². The number of halogens is 1. The zero-order valence-electron chi connectivity index (χ0n) is 15.6. The Balaban J connectivity index is 1.76. The van der Waals surface area contributed by atoms with Crippen LogP contribution in [0.4, 0.5) is 0 Å². The topological polar surface area (TPSA) is 70.8 Å². The fraction of sp³-hybridized carbons (Fsp3) is 0.211. The van der Waals surface area contributed by atoms with Crippen LogP contribution >= 0.6 is 23.4 Å². The van der Waals surface area contributed by atoms with Crippen LogP contribution in [-0.4, -0.2) is 42.4 Å². The van der Waals surface area contributed by atoms with Crippen LogP contribution in [0.5, 0.6) is 17.2 Å². The molecule has 0 atom stereocenters. The molecule has 28 heavy (non-hydrogen) atoms. The van der Waals surface area contributed by atoms with Gasteiger partial charge in [-0.2, -0.15) is 9.78 Å². The predicted octanol–water partition coefficient (Wildman–Crippen LogP) is 4.13. The van der Waals surface area contributed by atoms with Crippen LogP contribution in [0.25, 0.3) is 0 Å². The lowest BCUT2D eigenvalue weighted by atomic mass is 10.2. The van der Waals surface area contributed by atoms with Gasteiger partial charge in [0.15, 0.2) is 11.5 Å². The van der Waals surface area contributed by atoms with Gasteiger partial charge >= 0.3 is 0 Å². The number of hydrogen-bond acceptors (Lipinski definition) is 7. The fourth-order valence-corrected chi connectivity index (χ4v) is 3.37. The molecule has 0 saturated carbocycles. The van der Waals surface area contributed by atoms with Crippen molar-refractivity contribution < 1.29 is 14.2 Å². The van der Waals surface area contributed by atoms with Crippen molar-refractivity contribution in [1.29, 1.82) is 0 Å². The molecule has 3 rings (SSSR count). The molecule has 0 amide bonds. The average Bonchev–Trinajstić information content (AvgIpc) is 3.18. The summed E-state index contributed by atoms with van der Waals surface area (Å²) < 4.78 is 17.7. The molecular formula is C19H19ClN4O3S. The van der Waals surface area contributed by atoms with E-state index in [4.69, 9.17) is 25.8 Å². The predicted molar refractivity (Wildman–Crippen MR) is 110 cm³/mol. The van der Waals surface area contributed by atoms with Crippen molar-refractivity contribution in [2.24, 2.45) is 5.10 Å². The van der Waals surface area contributed by atoms with Gasteiger partial charge in [0.05, 0.1) is 27.5 Å². The van der Waals surface area contributed by atoms with Crippen molar-refractivity contribution in [3.8, 4) is 17.2 Å². The molecule has 0 bridgehead atoms. The first-order valence-corrected chi connectivity index (χ1v) is 9.62. The summed E-state index contributed by atoms with van der Waals surface area (Å²) in [6.07, 6.45) is 3.23. The molecule has 1 heterocycles. The molecule has 0 spiro atoms. The summed E-state index contributed by atoms with van der Waals surface area (Å²) in [4.78, 5) is 0. The minimum Gasteiger partial charge on any atom is -0.493 e. The summed E-state index contributed by atoms with van der Waals surface area (Å²) in [7, 11) is 4.71. The van der Waals surface area contributed by atoms with Crippen molar-refractivity contribution in [2.75, 3.05) is 21.3 Å². The lowest BCUT2D eigenvalue weighted by molar-refractivity contribution is 0.324. The van der Waals surface area contributed by atoms with Crippen LogP contribution in [0.1, 0.15) is 11.1 Å². The average molecular weight is 419 g/mol. The molecule has 0 saturated heterocycles. The molecule has 0 aliphatic heterocycles. The van der Waals surface area contributed by atoms with Gasteiger partial charge in [-0.25, -0.2) is 0 Å². The smallest absolute Gasteiger partial charge is 0.212 e. The van der Waals surface area contributed by atoms with Gasteiger partial charge in [-0.3, -0.25) is 0 Å². The normalized spacial score (nSPS) is 11.0. The molecule has 0 radical (unpaired) electrons. The van der Waals surface area contributed by atoms with Crippen LogP contribution in [-0.2, 0) is 5.75 Å². The van der Waals surface area contributed by atoms with E-state index in [9.17, 15) is 0 Å². The van der Waals surface area contributed by atoms with Gasteiger partial charge in [0.2, 0.25) is 10.9 Å². The van der Waals surface area contributed by atoms with Gasteiger partial charge < -0.3 is 14.2 Å². The van der Waals surface area contributed by atoms with Crippen LogP contribution in [0.3, 0.4) is 0 Å². The zero-order chi connectivity index (χ0) is 19.9. The zero-order valence-corrected chi connectivity index (χ0v) is 17.2. The molecular weight excluding hydrogens is 400 g/mol. The van der Waals surface area contributed by atoms with E-state index >= 15 is 0 Å². The molecule has 0 aliphatic carbocycles. The van der Waals surface area contributed by atoms with Crippen molar-refractivity contribution in [1.82, 2.24) is 14.9 Å². The molecule has 3 aromatic rings. The third kappa shape index (κ3) is 4.76. The summed E-state index contributed by atoms with van der Waals surface area (Å²) in [6, 6.07) is 11.3. The molecule has 1 aromatic heterocycles. The summed E-state index contributed by atoms with van der Waals surface area (Å²) in [5, 5.41) is 13.9. The molecule has 2 aromatic carbocycles. The molecule has 146 valence electrons. The highest BCUT2D eigenvalue weighted by molar-refractivity contribution is 7.98. The molecule has 9 heteroatoms. The molecule has 0 aliphatic rings. The highest BCUT2D eigenvalue weighted by atomic mass is 35.5. The van der Waals surface area contributed by atoms with Crippen molar-refractivity contribution in [3.63, 3.8) is 0 Å². The van der Waals surface area contributed by atoms with Gasteiger partial charge in [-0.15, -0.1) is 10.2 Å². The minimum atomic E-state index is 0.533. The Kier molecular flexibility index (Phi) is 6.78. The van der Waals surface area contributed by atoms with Crippen LogP contribution < -0.4 is 14.2 Å². The number of hydrogen-bond donors (Lipinski definition) is 0. The maximum Gasteiger partial charge on any atom is 0.212 e. The van der Waals surface area contributed by atoms with E-state index in [1.54, 1.807) is 38.5 Å². The van der Waals surface area contributed by atoms with Crippen molar-refractivity contribution in [2.45, 2.75) is 10.9 Å². The highest BCUT2D eigenvalue weighted by Crippen LogP contribution is 2.37. The Morgan fingerprint density at radius 2 is 1.75 bits per heavy atom. The summed E-state index contributed by atoms with van der Waals surface area (Å²) in [5.41, 5.74) is 1.93. The van der Waals surface area contributed by atoms with E-state index < -0.39 is 0 Å². The Morgan fingerprint density at radius 3 is 2.36 bits per heavy atom. The van der Waals surface area contributed by atoms with Gasteiger partial charge in [0.25, 0.3) is 0 Å². The quantitative estimate of drug-likeness (QED) is 0.404. The maximum absolute atomic E-state index is 5.92. The number of thioether (sulfide) groups is 1. The van der Waals surface area contributed by atoms with E-state index in [-0.39, 0.29) is 0 Å². The Labute approximate surface area is 172 Å². The molecule has 0 fully saturated rings. The Bertz CT molecular complexity index is 935. The first-order chi connectivity index (χ1) is 13.6. The monoisotopic (exact) mass is 418 g/mol. The molecule has 7 nitrogen and oxygen atoms in total. The Hall–Kier alpha value is -2.71. The van der Waals surface area contributed by atoms with Crippen molar-refractivity contribution in [3.05, 3.63) is 58.9 Å². The van der Waals surface area contributed by atoms with E-state index in [0.717, 1.165) is 16.9 Å². The van der Waals surface area contributed by atoms with Crippen LogP contribution in [0, 0.1) is 0 Å². The number of benzene rings is 2. The van der Waals surface area contributed by atoms with Crippen LogP contribution in [0.2, 0.25) is 5.02 Å². The fourth-order valence-electron chi connectivity index (χ4n) is 2.43. The minimum absolute atomic E-state index is 0.533. The van der Waals surface area contributed by atoms with E-state index in [1.165, 1.54) is 11.8 Å². The number of rotatable bonds is 8. The third-order valence-electron chi connectivity index (χ3n) is 3.80. The van der Waals surface area contributed by atoms with E-state index in [1.807, 2.05) is 36.4 Å². The molecule has 0 unspecified atom stereocenters. The second kappa shape index (κ2) is 9.48. The van der Waals surface area contributed by atoms with Gasteiger partial charge in [0.1, 0.15) is 6.33 Å². The SMILES string of the molecule is COc1cc(C=Nn2cnnc2SCc2ccc(Cl)cc2)cc(OC)c1OC. The third-order valence-corrected chi connectivity index (χ3v) is 5.06. The standard InChI is InChI=1S/C19H19ClN4O3S/c1-25-16-8-14(9-17(26-2)18(16)27-3)10-22-24-12-21-23-19(24)28-11-13-4-6-15(20)7-5-13/h4-10,12H,11H2,1-3H3. The second-order valence-corrected chi connectivity index (χ2v) is 6.96. The maximum atomic E-state index is 5.92. The number of aromatic nitrogens is 3. The number of methoxy groups -OCH3 is 3. The van der Waals surface area contributed by atoms with E-state index in [0.29, 0.717) is 27.4 Å². The first-order valence-electron chi connectivity index (χ1n) is 8.26. The highest BCUT2D eigenvalue weighted by Gasteiger charge is 2.12. The number of ether oxygens (including phenoxy) is 3. The summed E-state index contributed by atoms with van der Waals surface area (Å²) >= 11 is 7.45. The lowest BCUT2D eigenvalue weighted by Gasteiger charge is -2.12. The largest absolute Gasteiger partial charge is 0.493 e. The second-order valence-electron chi connectivity index (χ2n) is 5.58. The van der Waals surface area contributed by atoms with Gasteiger partial charge in [0, 0.05) is 16.3 Å². The lowest BCUT2D eigenvalue weighted by Crippen LogP contribution is -1.98. The first kappa shape index (κ1) is 20.0. The summed E-state index contributed by atoms with van der Waals surface area (Å²) in [6.45, 7) is 0. The summed E-state index contributed by atoms with van der Waals surface area (Å²) in [5.74, 6) is 2.38. The number of nitrogens with zero attached hydrogens (tertiary/aromatic N) is 4. The molecule has 0 N–H and O–H groups in total. The van der Waals surface area contributed by atoms with E-state index in [2.05, 4.69) is 15.3 Å². The van der Waals surface area contributed by atoms with Crippen molar-refractivity contribution >= 4 is 29.6 Å². The van der Waals surface area contributed by atoms with Crippen LogP contribution in [0.15, 0.2) is 53.0 Å².